The largest absolute Gasteiger partial charge is 0.550 e. The van der Waals surface area contributed by atoms with E-state index in [9.17, 15) is 19.5 Å². The van der Waals surface area contributed by atoms with Gasteiger partial charge in [0.15, 0.2) is 0 Å². The molecule has 0 unspecified atom stereocenters. The lowest BCUT2D eigenvalue weighted by Crippen LogP contribution is -2.51. The van der Waals surface area contributed by atoms with Crippen molar-refractivity contribution < 1.29 is 34.2 Å². The van der Waals surface area contributed by atoms with Gasteiger partial charge >= 0.3 is 11.9 Å². The second-order valence-corrected chi connectivity index (χ2v) is 11.0. The Hall–Kier alpha value is -1.89. The van der Waals surface area contributed by atoms with Gasteiger partial charge in [0, 0.05) is 18.8 Å². The molecule has 0 aromatic carbocycles. The number of rotatable bonds is 29. The average molecular weight is 540 g/mol. The van der Waals surface area contributed by atoms with Gasteiger partial charge in [-0.1, -0.05) is 57.6 Å². The van der Waals surface area contributed by atoms with E-state index >= 15 is 0 Å². The number of hydrogen-bond acceptors (Lipinski definition) is 4. The van der Waals surface area contributed by atoms with Crippen LogP contribution >= 0.6 is 0 Å². The molecule has 0 saturated heterocycles. The van der Waals surface area contributed by atoms with Gasteiger partial charge in [0.05, 0.1) is 26.2 Å². The summed E-state index contributed by atoms with van der Waals surface area (Å²) < 4.78 is 0.844. The molecule has 0 spiro atoms. The Bertz CT molecular complexity index is 579. The highest BCUT2D eigenvalue weighted by Crippen LogP contribution is 2.19. The Labute approximate surface area is 232 Å². The highest BCUT2D eigenvalue weighted by Gasteiger charge is 2.26. The first-order chi connectivity index (χ1) is 18.3. The van der Waals surface area contributed by atoms with Gasteiger partial charge in [0.1, 0.15) is 0 Å². The number of allylic oxidation sites excluding steroid dienone is 2. The number of hydrogen-bond donors (Lipinski definition) is 2. The molecule has 222 valence electrons. The zero-order valence-electron chi connectivity index (χ0n) is 24.3. The minimum atomic E-state index is -1.02. The Kier molecular flexibility index (Phi) is 24.1. The maximum absolute atomic E-state index is 11.0. The van der Waals surface area contributed by atoms with Gasteiger partial charge in [-0.15, -0.1) is 0 Å². The molecule has 0 aromatic rings. The molecule has 0 aliphatic heterocycles. The molecule has 7 nitrogen and oxygen atoms in total. The van der Waals surface area contributed by atoms with Gasteiger partial charge in [-0.3, -0.25) is 9.59 Å². The molecule has 0 aliphatic rings. The maximum Gasteiger partial charge on any atom is 0.303 e. The summed E-state index contributed by atoms with van der Waals surface area (Å²) in [7, 11) is 0. The van der Waals surface area contributed by atoms with Crippen LogP contribution in [0.5, 0.6) is 0 Å². The Balaban J connectivity index is 4.56. The number of nitrogens with zero attached hydrogens (tertiary/aromatic N) is 1. The summed E-state index contributed by atoms with van der Waals surface area (Å²) in [5.74, 6) is -2.57. The minimum absolute atomic E-state index is 0.0622. The number of carbonyl (C=O) groups is 3. The smallest absolute Gasteiger partial charge is 0.303 e. The quantitative estimate of drug-likeness (QED) is 0.0638. The zero-order chi connectivity index (χ0) is 28.3. The van der Waals surface area contributed by atoms with Gasteiger partial charge in [-0.2, -0.15) is 0 Å². The van der Waals surface area contributed by atoms with Crippen LogP contribution in [0.3, 0.4) is 0 Å². The lowest BCUT2D eigenvalue weighted by molar-refractivity contribution is -0.929. The third kappa shape index (κ3) is 24.4. The molecule has 0 aliphatic carbocycles. The van der Waals surface area contributed by atoms with E-state index in [-0.39, 0.29) is 19.3 Å². The third-order valence-corrected chi connectivity index (χ3v) is 7.45. The van der Waals surface area contributed by atoms with Gasteiger partial charge in [-0.25, -0.2) is 0 Å². The molecule has 7 heteroatoms. The first kappa shape index (κ1) is 36.1. The summed E-state index contributed by atoms with van der Waals surface area (Å²) in [6.45, 7) is 5.84. The second-order valence-electron chi connectivity index (χ2n) is 11.0. The first-order valence-electron chi connectivity index (χ1n) is 15.4. The van der Waals surface area contributed by atoms with E-state index < -0.39 is 17.9 Å². The average Bonchev–Trinajstić information content (AvgIpc) is 2.87. The van der Waals surface area contributed by atoms with E-state index in [0.717, 1.165) is 56.3 Å². The van der Waals surface area contributed by atoms with Crippen LogP contribution in [0.1, 0.15) is 142 Å². The highest BCUT2D eigenvalue weighted by atomic mass is 16.4. The molecule has 0 rings (SSSR count). The van der Waals surface area contributed by atoms with Crippen LogP contribution in [0, 0.1) is 0 Å². The second kappa shape index (κ2) is 25.4. The van der Waals surface area contributed by atoms with Crippen molar-refractivity contribution in [3.63, 3.8) is 0 Å². The van der Waals surface area contributed by atoms with E-state index in [2.05, 4.69) is 19.1 Å². The summed E-state index contributed by atoms with van der Waals surface area (Å²) in [4.78, 5) is 32.8. The number of carbonyl (C=O) groups excluding carboxylic acids is 1. The number of unbranched alkanes of at least 4 members (excludes halogenated alkanes) is 13. The SMILES string of the molecule is CCCCC/C=C/CCCCCCCCC[N+](CCCCC(=O)[O-])(CCCCC(=O)O)CCCCC(=O)O. The Morgan fingerprint density at radius 3 is 1.34 bits per heavy atom. The summed E-state index contributed by atoms with van der Waals surface area (Å²) in [6.07, 6.45) is 24.2. The van der Waals surface area contributed by atoms with Crippen LogP contribution in [0.25, 0.3) is 0 Å². The highest BCUT2D eigenvalue weighted by molar-refractivity contribution is 5.66. The van der Waals surface area contributed by atoms with Crippen molar-refractivity contribution in [3.05, 3.63) is 12.2 Å². The number of quaternary nitrogens is 1. The molecule has 2 N–H and O–H groups in total. The summed E-state index contributed by atoms with van der Waals surface area (Å²) in [5.41, 5.74) is 0. The molecule has 0 amide bonds. The summed E-state index contributed by atoms with van der Waals surface area (Å²) >= 11 is 0. The van der Waals surface area contributed by atoms with Crippen LogP contribution in [-0.4, -0.2) is 58.8 Å². The lowest BCUT2D eigenvalue weighted by Gasteiger charge is -2.39. The van der Waals surface area contributed by atoms with Crippen LogP contribution < -0.4 is 5.11 Å². The van der Waals surface area contributed by atoms with Crippen molar-refractivity contribution in [1.29, 1.82) is 0 Å². The topological polar surface area (TPSA) is 115 Å². The number of carboxylic acid groups (broad SMARTS) is 3. The Morgan fingerprint density at radius 1 is 0.553 bits per heavy atom. The first-order valence-corrected chi connectivity index (χ1v) is 15.4. The Morgan fingerprint density at radius 2 is 0.921 bits per heavy atom. The van der Waals surface area contributed by atoms with E-state index in [0.29, 0.717) is 19.3 Å². The summed E-state index contributed by atoms with van der Waals surface area (Å²) in [6, 6.07) is 0. The van der Waals surface area contributed by atoms with E-state index in [4.69, 9.17) is 10.2 Å². The van der Waals surface area contributed by atoms with E-state index in [1.54, 1.807) is 0 Å². The molecule has 38 heavy (non-hydrogen) atoms. The monoisotopic (exact) mass is 539 g/mol. The van der Waals surface area contributed by atoms with Crippen molar-refractivity contribution in [1.82, 2.24) is 0 Å². The van der Waals surface area contributed by atoms with Crippen molar-refractivity contribution in [2.75, 3.05) is 26.2 Å². The van der Waals surface area contributed by atoms with Crippen molar-refractivity contribution >= 4 is 17.9 Å². The predicted octanol–water partition coefficient (Wildman–Crippen LogP) is 6.49. The van der Waals surface area contributed by atoms with Gasteiger partial charge in [0.25, 0.3) is 0 Å². The van der Waals surface area contributed by atoms with Gasteiger partial charge in [0.2, 0.25) is 0 Å². The molecular weight excluding hydrogens is 482 g/mol. The minimum Gasteiger partial charge on any atom is -0.550 e. The zero-order valence-corrected chi connectivity index (χ0v) is 24.3. The van der Waals surface area contributed by atoms with Crippen LogP contribution in [0.15, 0.2) is 12.2 Å². The standard InChI is InChI=1S/C31H57NO6/c1-2-3-4-5-6-7-8-9-10-11-12-13-14-18-25-32(26-19-15-22-29(33)34,27-20-16-23-30(35)36)28-21-17-24-31(37)38/h6-7H,2-5,8-28H2,1H3,(H2-,33,34,35,36,37,38)/b7-6+. The normalized spacial score (nSPS) is 11.8. The van der Waals surface area contributed by atoms with Crippen LogP contribution in [-0.2, 0) is 14.4 Å². The van der Waals surface area contributed by atoms with Crippen molar-refractivity contribution in [2.24, 2.45) is 0 Å². The molecular formula is C31H57NO6. The lowest BCUT2D eigenvalue weighted by atomic mass is 10.1. The van der Waals surface area contributed by atoms with Crippen LogP contribution in [0.4, 0.5) is 0 Å². The molecule has 0 aromatic heterocycles. The fourth-order valence-electron chi connectivity index (χ4n) is 5.18. The predicted molar refractivity (Wildman–Crippen MR) is 152 cm³/mol. The maximum atomic E-state index is 11.0. The fourth-order valence-corrected chi connectivity index (χ4v) is 5.18. The third-order valence-electron chi connectivity index (χ3n) is 7.45. The van der Waals surface area contributed by atoms with Crippen LogP contribution in [0.2, 0.25) is 0 Å². The molecule has 0 saturated carbocycles. The van der Waals surface area contributed by atoms with Crippen molar-refractivity contribution in [2.45, 2.75) is 142 Å². The molecule has 0 atom stereocenters. The van der Waals surface area contributed by atoms with Crippen molar-refractivity contribution in [3.8, 4) is 0 Å². The number of aliphatic carboxylic acids is 3. The van der Waals surface area contributed by atoms with E-state index in [1.165, 1.54) is 70.6 Å². The van der Waals surface area contributed by atoms with Gasteiger partial charge < -0.3 is 24.6 Å². The molecule has 0 radical (unpaired) electrons. The fraction of sp³-hybridized carbons (Fsp3) is 0.839. The van der Waals surface area contributed by atoms with Gasteiger partial charge in [-0.05, 0) is 83.5 Å². The number of carboxylic acids is 3. The van der Waals surface area contributed by atoms with E-state index in [1.807, 2.05) is 0 Å². The molecule has 0 fully saturated rings. The summed E-state index contributed by atoms with van der Waals surface area (Å²) in [5, 5.41) is 28.9. The molecule has 0 heterocycles. The molecule has 0 bridgehead atoms.